The third kappa shape index (κ3) is 4.46. The molecule has 0 spiro atoms. The zero-order chi connectivity index (χ0) is 20.8. The average molecular weight is 397 g/mol. The maximum Gasteiger partial charge on any atom is 0.272 e. The lowest BCUT2D eigenvalue weighted by atomic mass is 10.0. The van der Waals surface area contributed by atoms with Crippen LogP contribution in [0.15, 0.2) is 78.9 Å². The number of hydrogen-bond acceptors (Lipinski definition) is 4. The van der Waals surface area contributed by atoms with E-state index >= 15 is 0 Å². The van der Waals surface area contributed by atoms with E-state index in [4.69, 9.17) is 4.74 Å². The van der Waals surface area contributed by atoms with E-state index in [1.54, 1.807) is 6.08 Å². The molecule has 0 aliphatic carbocycles. The predicted molar refractivity (Wildman–Crippen MR) is 119 cm³/mol. The number of fused-ring (bicyclic) bond motifs is 1. The molecule has 1 heterocycles. The first kappa shape index (κ1) is 19.6. The van der Waals surface area contributed by atoms with Gasteiger partial charge in [-0.1, -0.05) is 67.1 Å². The van der Waals surface area contributed by atoms with Crippen molar-refractivity contribution in [2.75, 3.05) is 6.61 Å². The van der Waals surface area contributed by atoms with Crippen molar-refractivity contribution in [1.29, 1.82) is 0 Å². The van der Waals surface area contributed by atoms with Gasteiger partial charge in [-0.15, -0.1) is 5.10 Å². The van der Waals surface area contributed by atoms with Crippen LogP contribution in [0.2, 0.25) is 0 Å². The topological polar surface area (TPSA) is 57.0 Å². The summed E-state index contributed by atoms with van der Waals surface area (Å²) in [7, 11) is 0. The van der Waals surface area contributed by atoms with Crippen LogP contribution in [0.3, 0.4) is 0 Å². The Bertz CT molecular complexity index is 1160. The van der Waals surface area contributed by atoms with E-state index in [2.05, 4.69) is 29.4 Å². The molecule has 4 aromatic rings. The van der Waals surface area contributed by atoms with Gasteiger partial charge in [0.25, 0.3) is 5.91 Å². The molecule has 150 valence electrons. The second-order valence-electron chi connectivity index (χ2n) is 7.01. The summed E-state index contributed by atoms with van der Waals surface area (Å²) in [4.78, 5) is 12.5. The number of ether oxygens (including phenoxy) is 1. The minimum absolute atomic E-state index is 0.230. The van der Waals surface area contributed by atoms with E-state index < -0.39 is 0 Å². The lowest BCUT2D eigenvalue weighted by Gasteiger charge is -2.07. The molecule has 0 saturated carbocycles. The number of para-hydroxylation sites is 1. The van der Waals surface area contributed by atoms with Gasteiger partial charge in [-0.25, -0.2) is 0 Å². The molecule has 0 amide bonds. The van der Waals surface area contributed by atoms with Crippen molar-refractivity contribution in [2.45, 2.75) is 19.8 Å². The number of benzene rings is 3. The zero-order valence-electron chi connectivity index (χ0n) is 16.9. The van der Waals surface area contributed by atoms with Crippen LogP contribution in [-0.2, 0) is 0 Å². The second kappa shape index (κ2) is 9.18. The van der Waals surface area contributed by atoms with Crippen LogP contribution in [0.4, 0.5) is 0 Å². The first-order valence-electron chi connectivity index (χ1n) is 10.1. The fourth-order valence-electron chi connectivity index (χ4n) is 3.13. The summed E-state index contributed by atoms with van der Waals surface area (Å²) in [6.07, 6.45) is 5.48. The van der Waals surface area contributed by atoms with Gasteiger partial charge in [0.15, 0.2) is 0 Å². The quantitative estimate of drug-likeness (QED) is 0.299. The van der Waals surface area contributed by atoms with E-state index in [0.29, 0.717) is 11.0 Å². The van der Waals surface area contributed by atoms with Gasteiger partial charge in [0, 0.05) is 6.08 Å². The van der Waals surface area contributed by atoms with Crippen LogP contribution in [0.1, 0.15) is 30.1 Å². The third-order valence-electron chi connectivity index (χ3n) is 4.84. The summed E-state index contributed by atoms with van der Waals surface area (Å²) in [6.45, 7) is 2.90. The number of nitrogens with zero attached hydrogens (tertiary/aromatic N) is 3. The molecule has 1 aromatic heterocycles. The molecular weight excluding hydrogens is 374 g/mol. The van der Waals surface area contributed by atoms with Crippen LogP contribution in [0.25, 0.3) is 28.2 Å². The molecule has 0 radical (unpaired) electrons. The van der Waals surface area contributed by atoms with E-state index in [1.807, 2.05) is 60.7 Å². The normalized spacial score (nSPS) is 11.2. The number of rotatable bonds is 7. The Morgan fingerprint density at radius 1 is 0.967 bits per heavy atom. The summed E-state index contributed by atoms with van der Waals surface area (Å²) in [5.74, 6) is 0.664. The molecule has 0 fully saturated rings. The van der Waals surface area contributed by atoms with Crippen molar-refractivity contribution >= 4 is 23.0 Å². The van der Waals surface area contributed by atoms with Crippen LogP contribution in [0.5, 0.6) is 5.75 Å². The lowest BCUT2D eigenvalue weighted by molar-refractivity contribution is 0.0958. The van der Waals surface area contributed by atoms with Gasteiger partial charge in [0.1, 0.15) is 11.3 Å². The van der Waals surface area contributed by atoms with E-state index in [0.717, 1.165) is 41.9 Å². The molecule has 0 unspecified atom stereocenters. The number of hydrogen-bond donors (Lipinski definition) is 0. The van der Waals surface area contributed by atoms with Gasteiger partial charge < -0.3 is 4.74 Å². The van der Waals surface area contributed by atoms with Crippen molar-refractivity contribution in [2.24, 2.45) is 0 Å². The van der Waals surface area contributed by atoms with Crippen molar-refractivity contribution < 1.29 is 9.53 Å². The lowest BCUT2D eigenvalue weighted by Crippen LogP contribution is -2.08. The Hall–Kier alpha value is -3.73. The Kier molecular flexibility index (Phi) is 5.99. The molecule has 3 aromatic carbocycles. The molecule has 0 saturated heterocycles. The van der Waals surface area contributed by atoms with Crippen LogP contribution in [-0.4, -0.2) is 27.5 Å². The third-order valence-corrected chi connectivity index (χ3v) is 4.84. The number of unbranched alkanes of at least 4 members (excludes halogenated alkanes) is 1. The van der Waals surface area contributed by atoms with Crippen LogP contribution >= 0.6 is 0 Å². The van der Waals surface area contributed by atoms with Crippen molar-refractivity contribution in [3.63, 3.8) is 0 Å². The van der Waals surface area contributed by atoms with Crippen LogP contribution in [0, 0.1) is 0 Å². The molecule has 0 aliphatic rings. The first-order chi connectivity index (χ1) is 14.7. The molecule has 0 atom stereocenters. The molecule has 0 N–H and O–H groups in total. The highest BCUT2D eigenvalue weighted by Gasteiger charge is 2.08. The molecule has 0 bridgehead atoms. The fourth-order valence-corrected chi connectivity index (χ4v) is 3.13. The Morgan fingerprint density at radius 3 is 2.40 bits per heavy atom. The summed E-state index contributed by atoms with van der Waals surface area (Å²) in [5.41, 5.74) is 4.57. The first-order valence-corrected chi connectivity index (χ1v) is 10.1. The maximum absolute atomic E-state index is 12.5. The van der Waals surface area contributed by atoms with Gasteiger partial charge >= 0.3 is 0 Å². The number of allylic oxidation sites excluding steroid dienone is 1. The zero-order valence-corrected chi connectivity index (χ0v) is 16.9. The van der Waals surface area contributed by atoms with E-state index in [9.17, 15) is 4.79 Å². The van der Waals surface area contributed by atoms with Gasteiger partial charge in [-0.05, 0) is 53.5 Å². The van der Waals surface area contributed by atoms with Gasteiger partial charge in [0.05, 0.1) is 12.1 Å². The summed E-state index contributed by atoms with van der Waals surface area (Å²) >= 11 is 0. The van der Waals surface area contributed by atoms with E-state index in [-0.39, 0.29) is 5.91 Å². The predicted octanol–water partition coefficient (Wildman–Crippen LogP) is 5.63. The molecular formula is C25H23N3O2. The second-order valence-corrected chi connectivity index (χ2v) is 7.01. The highest BCUT2D eigenvalue weighted by atomic mass is 16.5. The minimum Gasteiger partial charge on any atom is -0.494 e. The van der Waals surface area contributed by atoms with E-state index in [1.165, 1.54) is 10.8 Å². The summed E-state index contributed by atoms with van der Waals surface area (Å²) in [6, 6.07) is 23.6. The standard InChI is InChI=1S/C25H23N3O2/c1-2-3-18-30-22-15-13-21(14-16-22)20-11-8-19(9-12-20)10-17-25(29)28-24-7-5-4-6-23(24)26-27-28/h4-17H,2-3,18H2,1H3/b17-10+. The highest BCUT2D eigenvalue weighted by molar-refractivity contribution is 5.98. The number of carbonyl (C=O) groups excluding carboxylic acids is 1. The Balaban J connectivity index is 1.42. The van der Waals surface area contributed by atoms with Crippen molar-refractivity contribution in [3.8, 4) is 16.9 Å². The molecule has 0 aliphatic heterocycles. The smallest absolute Gasteiger partial charge is 0.272 e. The van der Waals surface area contributed by atoms with Gasteiger partial charge in [-0.3, -0.25) is 4.79 Å². The van der Waals surface area contributed by atoms with Crippen LogP contribution < -0.4 is 4.74 Å². The highest BCUT2D eigenvalue weighted by Crippen LogP contribution is 2.23. The van der Waals surface area contributed by atoms with Gasteiger partial charge in [-0.2, -0.15) is 4.68 Å². The molecule has 5 nitrogen and oxygen atoms in total. The summed E-state index contributed by atoms with van der Waals surface area (Å²) in [5, 5.41) is 7.96. The number of aromatic nitrogens is 3. The monoisotopic (exact) mass is 397 g/mol. The Labute approximate surface area is 175 Å². The van der Waals surface area contributed by atoms with Crippen molar-refractivity contribution in [3.05, 3.63) is 84.4 Å². The Morgan fingerprint density at radius 2 is 1.67 bits per heavy atom. The largest absolute Gasteiger partial charge is 0.494 e. The van der Waals surface area contributed by atoms with Gasteiger partial charge in [0.2, 0.25) is 0 Å². The number of carbonyl (C=O) groups is 1. The molecule has 5 heteroatoms. The van der Waals surface area contributed by atoms with Crippen molar-refractivity contribution in [1.82, 2.24) is 15.0 Å². The summed E-state index contributed by atoms with van der Waals surface area (Å²) < 4.78 is 7.03. The SMILES string of the molecule is CCCCOc1ccc(-c2ccc(/C=C/C(=O)n3nnc4ccccc43)cc2)cc1. The average Bonchev–Trinajstić information content (AvgIpc) is 3.23. The fraction of sp³-hybridized carbons (Fsp3) is 0.160. The molecule has 30 heavy (non-hydrogen) atoms. The maximum atomic E-state index is 12.5. The minimum atomic E-state index is -0.230. The molecule has 4 rings (SSSR count).